The Morgan fingerprint density at radius 3 is 1.36 bits per heavy atom. The Morgan fingerprint density at radius 1 is 0.559 bits per heavy atom. The molecular weight excluding hydrogens is 743 g/mol. The van der Waals surface area contributed by atoms with E-state index in [0.29, 0.717) is 12.8 Å². The summed E-state index contributed by atoms with van der Waals surface area (Å²) in [5.41, 5.74) is 0. The van der Waals surface area contributed by atoms with Crippen LogP contribution in [0, 0.1) is 0 Å². The number of rotatable bonds is 43. The van der Waals surface area contributed by atoms with Gasteiger partial charge in [-0.05, 0) is 25.7 Å². The molecule has 59 heavy (non-hydrogen) atoms. The van der Waals surface area contributed by atoms with Crippen molar-refractivity contribution in [2.24, 2.45) is 0 Å². The fraction of sp³-hybridized carbons (Fsp3) is 0.940. The van der Waals surface area contributed by atoms with E-state index in [0.717, 1.165) is 32.1 Å². The molecule has 6 N–H and O–H groups in total. The van der Waals surface area contributed by atoms with Crippen LogP contribution in [0.1, 0.15) is 245 Å². The monoisotopic (exact) mass is 840 g/mol. The van der Waals surface area contributed by atoms with Gasteiger partial charge in [-0.2, -0.15) is 0 Å². The van der Waals surface area contributed by atoms with Crippen molar-refractivity contribution in [3.05, 3.63) is 12.2 Å². The third kappa shape index (κ3) is 31.4. The number of ether oxygens (including phenoxy) is 2. The van der Waals surface area contributed by atoms with Crippen molar-refractivity contribution in [2.75, 3.05) is 13.2 Å². The highest BCUT2D eigenvalue weighted by Crippen LogP contribution is 2.23. The summed E-state index contributed by atoms with van der Waals surface area (Å²) in [4.78, 5) is 13.0. The van der Waals surface area contributed by atoms with Crippen LogP contribution in [-0.4, -0.2) is 87.5 Å². The molecule has 0 bridgehead atoms. The lowest BCUT2D eigenvalue weighted by atomic mass is 9.99. The van der Waals surface area contributed by atoms with E-state index in [-0.39, 0.29) is 12.5 Å². The summed E-state index contributed by atoms with van der Waals surface area (Å²) in [7, 11) is 0. The normalized spacial score (nSPS) is 20.7. The van der Waals surface area contributed by atoms with Crippen LogP contribution < -0.4 is 5.32 Å². The standard InChI is InChI=1S/C50H97NO8/c1-3-5-7-9-11-13-15-17-18-19-20-21-22-23-24-25-26-28-30-32-34-36-38-40-46(54)51-43(42-58-50-49(57)48(56)47(55)45(41-52)59-50)44(53)39-37-35-33-31-29-27-16-14-12-10-8-6-4-2/h35,37,43-45,47-50,52-53,55-57H,3-34,36,38-42H2,1-2H3,(H,51,54)/b37-35+/t43-,44+,45+,47+,48-,49+,50+/m0/s1. The second-order valence-corrected chi connectivity index (χ2v) is 18.0. The van der Waals surface area contributed by atoms with Crippen LogP contribution >= 0.6 is 0 Å². The zero-order valence-corrected chi connectivity index (χ0v) is 38.5. The maximum Gasteiger partial charge on any atom is 0.220 e. The highest BCUT2D eigenvalue weighted by Gasteiger charge is 2.44. The molecule has 1 rings (SSSR count). The largest absolute Gasteiger partial charge is 0.394 e. The molecule has 0 aliphatic carbocycles. The van der Waals surface area contributed by atoms with Crippen LogP contribution in [0.4, 0.5) is 0 Å². The summed E-state index contributed by atoms with van der Waals surface area (Å²) in [6.07, 6.45) is 41.1. The van der Waals surface area contributed by atoms with Gasteiger partial charge in [0.1, 0.15) is 24.4 Å². The number of aliphatic hydroxyl groups is 5. The SMILES string of the molecule is CCCCCCCCCCCC/C=C/C[C@@H](O)[C@H](CO[C@@H]1O[C@H](CO)[C@@H](O)[C@H](O)[C@H]1O)NC(=O)CCCCCCCCCCCCCCCCCCCCCCCCC. The lowest BCUT2D eigenvalue weighted by Crippen LogP contribution is -2.60. The zero-order chi connectivity index (χ0) is 43.0. The van der Waals surface area contributed by atoms with Crippen molar-refractivity contribution >= 4 is 5.91 Å². The summed E-state index contributed by atoms with van der Waals surface area (Å²) in [6.45, 7) is 3.81. The van der Waals surface area contributed by atoms with Crippen LogP contribution in [0.15, 0.2) is 12.2 Å². The third-order valence-electron chi connectivity index (χ3n) is 12.4. The van der Waals surface area contributed by atoms with E-state index >= 15 is 0 Å². The molecule has 0 aromatic heterocycles. The first-order valence-corrected chi connectivity index (χ1v) is 25.4. The van der Waals surface area contributed by atoms with Crippen molar-refractivity contribution < 1.29 is 39.8 Å². The Hall–Kier alpha value is -1.07. The van der Waals surface area contributed by atoms with Gasteiger partial charge in [-0.3, -0.25) is 4.79 Å². The molecule has 7 atom stereocenters. The van der Waals surface area contributed by atoms with Crippen molar-refractivity contribution in [3.8, 4) is 0 Å². The Bertz CT molecular complexity index is 935. The lowest BCUT2D eigenvalue weighted by Gasteiger charge is -2.40. The van der Waals surface area contributed by atoms with E-state index in [9.17, 15) is 30.3 Å². The van der Waals surface area contributed by atoms with Gasteiger partial charge in [0, 0.05) is 6.42 Å². The van der Waals surface area contributed by atoms with Crippen LogP contribution in [0.2, 0.25) is 0 Å². The molecule has 1 aliphatic rings. The summed E-state index contributed by atoms with van der Waals surface area (Å²) in [5.74, 6) is -0.163. The molecule has 0 saturated carbocycles. The summed E-state index contributed by atoms with van der Waals surface area (Å²) in [5, 5.41) is 54.3. The first-order chi connectivity index (χ1) is 28.8. The Kier molecular flexibility index (Phi) is 38.9. The second-order valence-electron chi connectivity index (χ2n) is 18.0. The van der Waals surface area contributed by atoms with E-state index < -0.39 is 49.5 Å². The predicted molar refractivity (Wildman–Crippen MR) is 244 cm³/mol. The molecule has 1 heterocycles. The van der Waals surface area contributed by atoms with Gasteiger partial charge in [0.2, 0.25) is 5.91 Å². The van der Waals surface area contributed by atoms with Gasteiger partial charge in [0.25, 0.3) is 0 Å². The molecule has 9 heteroatoms. The number of allylic oxidation sites excluding steroid dienone is 1. The van der Waals surface area contributed by atoms with Crippen molar-refractivity contribution in [1.29, 1.82) is 0 Å². The smallest absolute Gasteiger partial charge is 0.220 e. The number of hydrogen-bond acceptors (Lipinski definition) is 8. The Labute approximate surface area is 363 Å². The molecule has 350 valence electrons. The summed E-state index contributed by atoms with van der Waals surface area (Å²) >= 11 is 0. The molecule has 0 aromatic rings. The van der Waals surface area contributed by atoms with E-state index in [1.54, 1.807) is 0 Å². The molecule has 9 nitrogen and oxygen atoms in total. The topological polar surface area (TPSA) is 149 Å². The van der Waals surface area contributed by atoms with Crippen molar-refractivity contribution in [3.63, 3.8) is 0 Å². The molecule has 1 fully saturated rings. The van der Waals surface area contributed by atoms with Crippen LogP contribution in [-0.2, 0) is 14.3 Å². The number of unbranched alkanes of at least 4 members (excludes halogenated alkanes) is 32. The number of amides is 1. The molecule has 0 aromatic carbocycles. The van der Waals surface area contributed by atoms with Crippen molar-refractivity contribution in [2.45, 2.75) is 288 Å². The van der Waals surface area contributed by atoms with Gasteiger partial charge in [0.15, 0.2) is 6.29 Å². The van der Waals surface area contributed by atoms with Gasteiger partial charge >= 0.3 is 0 Å². The number of aliphatic hydroxyl groups excluding tert-OH is 5. The minimum atomic E-state index is -1.56. The fourth-order valence-corrected chi connectivity index (χ4v) is 8.27. The van der Waals surface area contributed by atoms with Gasteiger partial charge < -0.3 is 40.3 Å². The number of nitrogens with one attached hydrogen (secondary N) is 1. The molecular formula is C50H97NO8. The van der Waals surface area contributed by atoms with Gasteiger partial charge in [-0.25, -0.2) is 0 Å². The third-order valence-corrected chi connectivity index (χ3v) is 12.4. The van der Waals surface area contributed by atoms with Gasteiger partial charge in [-0.1, -0.05) is 225 Å². The number of hydrogen-bond donors (Lipinski definition) is 6. The number of carbonyl (C=O) groups excluding carboxylic acids is 1. The zero-order valence-electron chi connectivity index (χ0n) is 38.5. The van der Waals surface area contributed by atoms with E-state index in [2.05, 4.69) is 25.2 Å². The lowest BCUT2D eigenvalue weighted by molar-refractivity contribution is -0.302. The second kappa shape index (κ2) is 41.0. The van der Waals surface area contributed by atoms with Crippen LogP contribution in [0.25, 0.3) is 0 Å². The van der Waals surface area contributed by atoms with E-state index in [4.69, 9.17) is 9.47 Å². The molecule has 0 radical (unpaired) electrons. The minimum absolute atomic E-state index is 0.163. The van der Waals surface area contributed by atoms with Gasteiger partial charge in [0.05, 0.1) is 25.4 Å². The first-order valence-electron chi connectivity index (χ1n) is 25.4. The molecule has 1 aliphatic heterocycles. The fourth-order valence-electron chi connectivity index (χ4n) is 8.27. The number of carbonyl (C=O) groups is 1. The average Bonchev–Trinajstić information content (AvgIpc) is 3.23. The summed E-state index contributed by atoms with van der Waals surface area (Å²) in [6, 6.07) is -0.763. The van der Waals surface area contributed by atoms with E-state index in [1.807, 2.05) is 6.08 Å². The maximum absolute atomic E-state index is 13.0. The van der Waals surface area contributed by atoms with Gasteiger partial charge in [-0.15, -0.1) is 0 Å². The predicted octanol–water partition coefficient (Wildman–Crippen LogP) is 11.3. The molecule has 1 saturated heterocycles. The van der Waals surface area contributed by atoms with Crippen molar-refractivity contribution in [1.82, 2.24) is 5.32 Å². The highest BCUT2D eigenvalue weighted by atomic mass is 16.7. The molecule has 1 amide bonds. The van der Waals surface area contributed by atoms with Crippen LogP contribution in [0.5, 0.6) is 0 Å². The van der Waals surface area contributed by atoms with Crippen LogP contribution in [0.3, 0.4) is 0 Å². The maximum atomic E-state index is 13.0. The summed E-state index contributed by atoms with van der Waals surface area (Å²) < 4.78 is 11.2. The molecule has 0 unspecified atom stereocenters. The Balaban J connectivity index is 2.23. The highest BCUT2D eigenvalue weighted by molar-refractivity contribution is 5.76. The Morgan fingerprint density at radius 2 is 0.949 bits per heavy atom. The average molecular weight is 840 g/mol. The molecule has 0 spiro atoms. The minimum Gasteiger partial charge on any atom is -0.394 e. The van der Waals surface area contributed by atoms with E-state index in [1.165, 1.54) is 186 Å². The first kappa shape index (κ1) is 55.9. The quantitative estimate of drug-likeness (QED) is 0.0263.